The van der Waals surface area contributed by atoms with Crippen LogP contribution < -0.4 is 0 Å². The second-order valence-electron chi connectivity index (χ2n) is 3.11. The van der Waals surface area contributed by atoms with Gasteiger partial charge in [0.1, 0.15) is 12.1 Å². The highest BCUT2D eigenvalue weighted by Crippen LogP contribution is 2.57. The molecule has 1 saturated heterocycles. The smallest absolute Gasteiger partial charge is 0.306 e. The Bertz CT molecular complexity index is 212. The summed E-state index contributed by atoms with van der Waals surface area (Å²) in [5.74, 6) is 0. The highest BCUT2D eigenvalue weighted by Gasteiger charge is 2.75. The lowest BCUT2D eigenvalue weighted by Crippen LogP contribution is -2.69. The Morgan fingerprint density at radius 2 is 1.77 bits per heavy atom. The molecule has 1 aliphatic rings. The van der Waals surface area contributed by atoms with Crippen molar-refractivity contribution in [2.24, 2.45) is 5.41 Å². The molecule has 13 heavy (non-hydrogen) atoms. The van der Waals surface area contributed by atoms with E-state index in [2.05, 4.69) is 4.74 Å². The van der Waals surface area contributed by atoms with Crippen LogP contribution in [-0.2, 0) is 4.74 Å². The minimum Gasteiger partial charge on any atom is -0.306 e. The average molecular weight is 208 g/mol. The van der Waals surface area contributed by atoms with Crippen LogP contribution in [0.4, 0.5) is 26.3 Å². The predicted octanol–water partition coefficient (Wildman–Crippen LogP) is 2.52. The van der Waals surface area contributed by atoms with Crippen LogP contribution in [0, 0.1) is 5.41 Å². The van der Waals surface area contributed by atoms with E-state index in [9.17, 15) is 26.3 Å². The largest absolute Gasteiger partial charge is 0.415 e. The summed E-state index contributed by atoms with van der Waals surface area (Å²) in [5.41, 5.74) is -2.79. The van der Waals surface area contributed by atoms with Crippen LogP contribution in [0.15, 0.2) is 0 Å². The van der Waals surface area contributed by atoms with E-state index in [0.717, 1.165) is 0 Å². The van der Waals surface area contributed by atoms with Crippen molar-refractivity contribution in [3.05, 3.63) is 0 Å². The van der Waals surface area contributed by atoms with Crippen LogP contribution in [-0.4, -0.2) is 25.1 Å². The van der Waals surface area contributed by atoms with Gasteiger partial charge in [0, 0.05) is 0 Å². The summed E-state index contributed by atoms with van der Waals surface area (Å²) in [5, 5.41) is 0. The second kappa shape index (κ2) is 2.52. The molecule has 0 aromatic rings. The van der Waals surface area contributed by atoms with Crippen molar-refractivity contribution in [2.45, 2.75) is 25.3 Å². The third-order valence-electron chi connectivity index (χ3n) is 2.08. The van der Waals surface area contributed by atoms with Crippen LogP contribution in [0.25, 0.3) is 0 Å². The zero-order chi connectivity index (χ0) is 10.5. The molecule has 2 unspecified atom stereocenters. The maximum absolute atomic E-state index is 12.4. The van der Waals surface area contributed by atoms with Gasteiger partial charge in [-0.25, -0.2) is 0 Å². The summed E-state index contributed by atoms with van der Waals surface area (Å²) >= 11 is 0. The van der Waals surface area contributed by atoms with E-state index < -0.39 is 30.5 Å². The van der Waals surface area contributed by atoms with E-state index in [1.165, 1.54) is 0 Å². The molecule has 7 heteroatoms. The number of halogens is 6. The minimum absolute atomic E-state index is 0.509. The van der Waals surface area contributed by atoms with Gasteiger partial charge in [-0.2, -0.15) is 22.0 Å². The SMILES string of the molecule is CC1(CF)C(C(F)(F)F)OC1(F)F. The van der Waals surface area contributed by atoms with Gasteiger partial charge < -0.3 is 4.74 Å². The van der Waals surface area contributed by atoms with Gasteiger partial charge in [-0.1, -0.05) is 0 Å². The molecule has 0 spiro atoms. The van der Waals surface area contributed by atoms with Crippen molar-refractivity contribution in [3.63, 3.8) is 0 Å². The van der Waals surface area contributed by atoms with Gasteiger partial charge in [0.2, 0.25) is 0 Å². The molecule has 1 fully saturated rings. The van der Waals surface area contributed by atoms with Crippen molar-refractivity contribution < 1.29 is 31.1 Å². The summed E-state index contributed by atoms with van der Waals surface area (Å²) in [4.78, 5) is 0. The van der Waals surface area contributed by atoms with Crippen LogP contribution >= 0.6 is 0 Å². The summed E-state index contributed by atoms with van der Waals surface area (Å²) in [6, 6.07) is 0. The van der Waals surface area contributed by atoms with Crippen molar-refractivity contribution in [2.75, 3.05) is 6.67 Å². The Hall–Kier alpha value is -0.460. The fourth-order valence-electron chi connectivity index (χ4n) is 1.08. The van der Waals surface area contributed by atoms with E-state index in [4.69, 9.17) is 0 Å². The summed E-state index contributed by atoms with van der Waals surface area (Å²) in [6.07, 6.45) is -11.7. The topological polar surface area (TPSA) is 9.23 Å². The van der Waals surface area contributed by atoms with Gasteiger partial charge in [0.15, 0.2) is 6.10 Å². The summed E-state index contributed by atoms with van der Waals surface area (Å²) < 4.78 is 75.9. The first-order valence-corrected chi connectivity index (χ1v) is 3.33. The van der Waals surface area contributed by atoms with Crippen molar-refractivity contribution in [1.29, 1.82) is 0 Å². The zero-order valence-corrected chi connectivity index (χ0v) is 6.46. The molecule has 1 heterocycles. The molecule has 2 atom stereocenters. The predicted molar refractivity (Wildman–Crippen MR) is 30.0 cm³/mol. The van der Waals surface area contributed by atoms with Crippen molar-refractivity contribution in [1.82, 2.24) is 0 Å². The second-order valence-corrected chi connectivity index (χ2v) is 3.11. The Labute approximate surface area is 69.7 Å². The third kappa shape index (κ3) is 1.29. The van der Waals surface area contributed by atoms with E-state index in [1.807, 2.05) is 0 Å². The molecule has 0 saturated carbocycles. The average Bonchev–Trinajstić information content (AvgIpc) is 1.97. The third-order valence-corrected chi connectivity index (χ3v) is 2.08. The molecule has 0 amide bonds. The van der Waals surface area contributed by atoms with Gasteiger partial charge >= 0.3 is 12.3 Å². The molecule has 0 aliphatic carbocycles. The molecule has 0 radical (unpaired) electrons. The highest BCUT2D eigenvalue weighted by atomic mass is 19.4. The van der Waals surface area contributed by atoms with Gasteiger partial charge in [-0.05, 0) is 6.92 Å². The standard InChI is InChI=1S/C6H6F6O/c1-4(2-7)3(5(8,9)10)13-6(4,11)12/h3H,2H2,1H3. The zero-order valence-electron chi connectivity index (χ0n) is 6.46. The molecular weight excluding hydrogens is 202 g/mol. The first-order valence-electron chi connectivity index (χ1n) is 3.33. The molecular formula is C6H6F6O. The quantitative estimate of drug-likeness (QED) is 0.601. The monoisotopic (exact) mass is 208 g/mol. The van der Waals surface area contributed by atoms with Gasteiger partial charge in [0.05, 0.1) is 0 Å². The van der Waals surface area contributed by atoms with Crippen LogP contribution in [0.1, 0.15) is 6.92 Å². The van der Waals surface area contributed by atoms with Crippen LogP contribution in [0.2, 0.25) is 0 Å². The fraction of sp³-hybridized carbons (Fsp3) is 1.00. The lowest BCUT2D eigenvalue weighted by molar-refractivity contribution is -0.483. The fourth-order valence-corrected chi connectivity index (χ4v) is 1.08. The first-order chi connectivity index (χ1) is 5.65. The maximum atomic E-state index is 12.4. The Kier molecular flexibility index (Phi) is 2.06. The number of alkyl halides is 6. The molecule has 1 rings (SSSR count). The maximum Gasteiger partial charge on any atom is 0.415 e. The van der Waals surface area contributed by atoms with Gasteiger partial charge in [-0.15, -0.1) is 0 Å². The Morgan fingerprint density at radius 3 is 1.92 bits per heavy atom. The van der Waals surface area contributed by atoms with E-state index in [1.54, 1.807) is 0 Å². The molecule has 0 aromatic carbocycles. The number of rotatable bonds is 1. The first kappa shape index (κ1) is 10.6. The van der Waals surface area contributed by atoms with Crippen molar-refractivity contribution in [3.8, 4) is 0 Å². The summed E-state index contributed by atoms with van der Waals surface area (Å²) in [7, 11) is 0. The lowest BCUT2D eigenvalue weighted by Gasteiger charge is -2.51. The number of hydrogen-bond donors (Lipinski definition) is 0. The number of ether oxygens (including phenoxy) is 1. The molecule has 0 bridgehead atoms. The molecule has 1 aliphatic heterocycles. The van der Waals surface area contributed by atoms with Crippen LogP contribution in [0.3, 0.4) is 0 Å². The molecule has 1 nitrogen and oxygen atoms in total. The minimum atomic E-state index is -4.96. The highest BCUT2D eigenvalue weighted by molar-refractivity contribution is 5.02. The van der Waals surface area contributed by atoms with E-state index in [-0.39, 0.29) is 0 Å². The Morgan fingerprint density at radius 1 is 1.31 bits per heavy atom. The number of hydrogen-bond acceptors (Lipinski definition) is 1. The normalized spacial score (nSPS) is 38.5. The van der Waals surface area contributed by atoms with E-state index >= 15 is 0 Å². The van der Waals surface area contributed by atoms with Gasteiger partial charge in [0.25, 0.3) is 0 Å². The van der Waals surface area contributed by atoms with Gasteiger partial charge in [-0.3, -0.25) is 4.39 Å². The van der Waals surface area contributed by atoms with E-state index in [0.29, 0.717) is 6.92 Å². The summed E-state index contributed by atoms with van der Waals surface area (Å²) in [6.45, 7) is -1.27. The lowest BCUT2D eigenvalue weighted by atomic mass is 9.78. The molecule has 0 N–H and O–H groups in total. The van der Waals surface area contributed by atoms with Crippen LogP contribution in [0.5, 0.6) is 0 Å². The Balaban J connectivity index is 2.87. The molecule has 78 valence electrons. The molecule has 0 aromatic heterocycles. The van der Waals surface area contributed by atoms with Crippen molar-refractivity contribution >= 4 is 0 Å².